The molecule has 1 aromatic rings. The van der Waals surface area contributed by atoms with Crippen LogP contribution >= 0.6 is 0 Å². The summed E-state index contributed by atoms with van der Waals surface area (Å²) in [6, 6.07) is 3.28. The van der Waals surface area contributed by atoms with Crippen LogP contribution in [0.3, 0.4) is 0 Å². The Morgan fingerprint density at radius 1 is 1.21 bits per heavy atom. The average molecular weight is 336 g/mol. The maximum absolute atomic E-state index is 12.2. The maximum atomic E-state index is 12.2. The Hall–Kier alpha value is -1.86. The summed E-state index contributed by atoms with van der Waals surface area (Å²) >= 11 is 0. The van der Waals surface area contributed by atoms with Crippen LogP contribution in [0, 0.1) is 5.92 Å². The van der Waals surface area contributed by atoms with Crippen molar-refractivity contribution in [1.82, 2.24) is 10.2 Å². The van der Waals surface area contributed by atoms with Gasteiger partial charge in [-0.05, 0) is 31.4 Å². The van der Waals surface area contributed by atoms with E-state index in [0.29, 0.717) is 44.3 Å². The number of nitrogens with one attached hydrogen (secondary N) is 1. The van der Waals surface area contributed by atoms with Gasteiger partial charge in [0.15, 0.2) is 12.1 Å². The van der Waals surface area contributed by atoms with Crippen LogP contribution in [0.1, 0.15) is 36.2 Å². The Balaban J connectivity index is 1.30. The smallest absolute Gasteiger partial charge is 0.286 e. The minimum absolute atomic E-state index is 0.0842. The third kappa shape index (κ3) is 4.36. The lowest BCUT2D eigenvalue weighted by Crippen LogP contribution is -2.41. The molecule has 7 heteroatoms. The van der Waals surface area contributed by atoms with Crippen molar-refractivity contribution in [1.29, 1.82) is 0 Å². The van der Waals surface area contributed by atoms with Gasteiger partial charge in [0.1, 0.15) is 0 Å². The summed E-state index contributed by atoms with van der Waals surface area (Å²) in [7, 11) is 0. The second kappa shape index (κ2) is 8.30. The second-order valence-corrected chi connectivity index (χ2v) is 6.16. The van der Waals surface area contributed by atoms with Crippen LogP contribution in [0.15, 0.2) is 22.8 Å². The highest BCUT2D eigenvalue weighted by Gasteiger charge is 2.31. The molecule has 1 aromatic heterocycles. The minimum atomic E-state index is -0.246. The number of carbonyl (C=O) groups is 2. The lowest BCUT2D eigenvalue weighted by Gasteiger charge is -2.34. The van der Waals surface area contributed by atoms with E-state index in [4.69, 9.17) is 13.9 Å². The molecule has 3 heterocycles. The van der Waals surface area contributed by atoms with Gasteiger partial charge in [0.05, 0.1) is 19.5 Å². The van der Waals surface area contributed by atoms with E-state index in [-0.39, 0.29) is 18.1 Å². The summed E-state index contributed by atoms with van der Waals surface area (Å²) in [5.41, 5.74) is 0. The molecule has 3 rings (SSSR count). The molecule has 0 aliphatic carbocycles. The fraction of sp³-hybridized carbons (Fsp3) is 0.647. The Morgan fingerprint density at radius 2 is 1.96 bits per heavy atom. The fourth-order valence-corrected chi connectivity index (χ4v) is 3.16. The summed E-state index contributed by atoms with van der Waals surface area (Å²) in [5, 5.41) is 2.75. The molecular weight excluding hydrogens is 312 g/mol. The molecule has 7 nitrogen and oxygen atoms in total. The number of hydrogen-bond donors (Lipinski definition) is 1. The Morgan fingerprint density at radius 3 is 2.62 bits per heavy atom. The van der Waals surface area contributed by atoms with Crippen LogP contribution < -0.4 is 5.32 Å². The minimum Gasteiger partial charge on any atom is -0.459 e. The van der Waals surface area contributed by atoms with E-state index in [1.165, 1.54) is 6.26 Å². The Kier molecular flexibility index (Phi) is 5.87. The van der Waals surface area contributed by atoms with Crippen molar-refractivity contribution in [2.75, 3.05) is 32.8 Å². The number of furan rings is 1. The van der Waals surface area contributed by atoms with Crippen LogP contribution in [0.25, 0.3) is 0 Å². The molecule has 1 N–H and O–H groups in total. The van der Waals surface area contributed by atoms with Gasteiger partial charge >= 0.3 is 0 Å². The average Bonchev–Trinajstić information content (AvgIpc) is 3.32. The van der Waals surface area contributed by atoms with Crippen molar-refractivity contribution in [2.24, 2.45) is 5.92 Å². The first-order valence-corrected chi connectivity index (χ1v) is 8.57. The zero-order valence-electron chi connectivity index (χ0n) is 13.7. The van der Waals surface area contributed by atoms with Crippen molar-refractivity contribution in [3.63, 3.8) is 0 Å². The molecule has 2 aliphatic heterocycles. The highest BCUT2D eigenvalue weighted by molar-refractivity contribution is 5.91. The topological polar surface area (TPSA) is 81.0 Å². The summed E-state index contributed by atoms with van der Waals surface area (Å²) in [6.07, 6.45) is 4.29. The standard InChI is InChI=1S/C17H24N2O5/c20-15(4-1-7-18-16(21)14-3-2-10-22-14)19-8-5-13(6-9-19)17-23-11-12-24-17/h2-3,10,13,17H,1,4-9,11-12H2,(H,18,21). The van der Waals surface area contributed by atoms with Gasteiger partial charge < -0.3 is 24.1 Å². The van der Waals surface area contributed by atoms with Crippen molar-refractivity contribution in [3.05, 3.63) is 24.2 Å². The third-order valence-electron chi connectivity index (χ3n) is 4.52. The largest absolute Gasteiger partial charge is 0.459 e. The number of hydrogen-bond acceptors (Lipinski definition) is 5. The van der Waals surface area contributed by atoms with Crippen molar-refractivity contribution in [2.45, 2.75) is 32.0 Å². The molecule has 24 heavy (non-hydrogen) atoms. The lowest BCUT2D eigenvalue weighted by atomic mass is 9.96. The van der Waals surface area contributed by atoms with Gasteiger partial charge in [-0.25, -0.2) is 0 Å². The Labute approximate surface area is 141 Å². The molecule has 0 unspecified atom stereocenters. The maximum Gasteiger partial charge on any atom is 0.286 e. The molecule has 0 atom stereocenters. The van der Waals surface area contributed by atoms with Crippen LogP contribution in [0.5, 0.6) is 0 Å². The van der Waals surface area contributed by atoms with E-state index in [1.54, 1.807) is 12.1 Å². The molecule has 0 spiro atoms. The van der Waals surface area contributed by atoms with Gasteiger partial charge in [-0.3, -0.25) is 9.59 Å². The first-order chi connectivity index (χ1) is 11.7. The predicted octanol–water partition coefficient (Wildman–Crippen LogP) is 1.40. The highest BCUT2D eigenvalue weighted by atomic mass is 16.7. The molecule has 0 radical (unpaired) electrons. The van der Waals surface area contributed by atoms with Crippen molar-refractivity contribution in [3.8, 4) is 0 Å². The van der Waals surface area contributed by atoms with E-state index < -0.39 is 0 Å². The number of carbonyl (C=O) groups excluding carboxylic acids is 2. The van der Waals surface area contributed by atoms with Crippen molar-refractivity contribution < 1.29 is 23.5 Å². The van der Waals surface area contributed by atoms with Gasteiger partial charge in [-0.1, -0.05) is 0 Å². The van der Waals surface area contributed by atoms with Crippen LogP contribution in [0.4, 0.5) is 0 Å². The van der Waals surface area contributed by atoms with Crippen LogP contribution in [0.2, 0.25) is 0 Å². The molecule has 0 bridgehead atoms. The zero-order valence-corrected chi connectivity index (χ0v) is 13.7. The molecule has 132 valence electrons. The molecule has 2 aliphatic rings. The summed E-state index contributed by atoms with van der Waals surface area (Å²) in [5.74, 6) is 0.586. The lowest BCUT2D eigenvalue weighted by molar-refractivity contribution is -0.136. The Bertz CT molecular complexity index is 531. The zero-order chi connectivity index (χ0) is 16.8. The SMILES string of the molecule is O=C(NCCCC(=O)N1CCC(C2OCCO2)CC1)c1ccco1. The quantitative estimate of drug-likeness (QED) is 0.794. The summed E-state index contributed by atoms with van der Waals surface area (Å²) < 4.78 is 16.1. The van der Waals surface area contributed by atoms with E-state index >= 15 is 0 Å². The van der Waals surface area contributed by atoms with E-state index in [0.717, 1.165) is 25.9 Å². The van der Waals surface area contributed by atoms with E-state index in [1.807, 2.05) is 4.90 Å². The molecule has 2 amide bonds. The van der Waals surface area contributed by atoms with Crippen LogP contribution in [-0.2, 0) is 14.3 Å². The second-order valence-electron chi connectivity index (χ2n) is 6.16. The molecule has 2 fully saturated rings. The molecule has 0 saturated carbocycles. The number of piperidine rings is 1. The first-order valence-electron chi connectivity index (χ1n) is 8.57. The number of rotatable bonds is 6. The fourth-order valence-electron chi connectivity index (χ4n) is 3.16. The summed E-state index contributed by atoms with van der Waals surface area (Å²) in [4.78, 5) is 25.8. The number of likely N-dealkylation sites (tertiary alicyclic amines) is 1. The van der Waals surface area contributed by atoms with Gasteiger partial charge in [-0.15, -0.1) is 0 Å². The van der Waals surface area contributed by atoms with Crippen molar-refractivity contribution >= 4 is 11.8 Å². The predicted molar refractivity (Wildman–Crippen MR) is 85.3 cm³/mol. The van der Waals surface area contributed by atoms with Gasteiger partial charge in [0, 0.05) is 32.0 Å². The first kappa shape index (κ1) is 17.0. The van der Waals surface area contributed by atoms with Gasteiger partial charge in [0.2, 0.25) is 5.91 Å². The van der Waals surface area contributed by atoms with Gasteiger partial charge in [0.25, 0.3) is 5.91 Å². The molecular formula is C17H24N2O5. The van der Waals surface area contributed by atoms with Gasteiger partial charge in [-0.2, -0.15) is 0 Å². The van der Waals surface area contributed by atoms with E-state index in [2.05, 4.69) is 5.32 Å². The molecule has 2 saturated heterocycles. The normalized spacial score (nSPS) is 19.6. The number of amides is 2. The summed E-state index contributed by atoms with van der Waals surface area (Å²) in [6.45, 7) is 3.32. The highest BCUT2D eigenvalue weighted by Crippen LogP contribution is 2.26. The monoisotopic (exact) mass is 336 g/mol. The number of nitrogens with zero attached hydrogens (tertiary/aromatic N) is 1. The number of ether oxygens (including phenoxy) is 2. The van der Waals surface area contributed by atoms with Crippen LogP contribution in [-0.4, -0.2) is 55.9 Å². The third-order valence-corrected chi connectivity index (χ3v) is 4.52. The molecule has 0 aromatic carbocycles. The van der Waals surface area contributed by atoms with E-state index in [9.17, 15) is 9.59 Å².